The van der Waals surface area contributed by atoms with Crippen molar-refractivity contribution in [1.82, 2.24) is 4.90 Å². The molecule has 0 saturated carbocycles. The van der Waals surface area contributed by atoms with Gasteiger partial charge in [0.15, 0.2) is 0 Å². The average Bonchev–Trinajstić information content (AvgIpc) is 2.96. The van der Waals surface area contributed by atoms with Crippen LogP contribution in [0.3, 0.4) is 0 Å². The summed E-state index contributed by atoms with van der Waals surface area (Å²) in [5.41, 5.74) is 1.68. The zero-order valence-electron chi connectivity index (χ0n) is 15.7. The monoisotopic (exact) mass is 366 g/mol. The number of rotatable bonds is 9. The van der Waals surface area contributed by atoms with E-state index in [0.717, 1.165) is 57.2 Å². The van der Waals surface area contributed by atoms with Crippen LogP contribution in [0, 0.1) is 0 Å². The van der Waals surface area contributed by atoms with Gasteiger partial charge in [-0.25, -0.2) is 4.79 Å². The topological polar surface area (TPSA) is 58.6 Å². The number of likely N-dealkylation sites (N-methyl/N-ethyl adjacent to an activating group) is 1. The first-order valence-corrected chi connectivity index (χ1v) is 10.3. The highest BCUT2D eigenvalue weighted by molar-refractivity contribution is 7.17. The maximum atomic E-state index is 12.5. The normalized spacial score (nSPS) is 13.6. The molecule has 6 heteroatoms. The van der Waals surface area contributed by atoms with E-state index in [9.17, 15) is 9.59 Å². The number of anilines is 1. The summed E-state index contributed by atoms with van der Waals surface area (Å²) in [6, 6.07) is 0. The first-order chi connectivity index (χ1) is 12.1. The molecule has 1 aromatic rings. The minimum atomic E-state index is -0.310. The highest BCUT2D eigenvalue weighted by Crippen LogP contribution is 2.38. The van der Waals surface area contributed by atoms with Gasteiger partial charge in [-0.2, -0.15) is 0 Å². The number of nitrogens with one attached hydrogen (secondary N) is 1. The Morgan fingerprint density at radius 1 is 1.20 bits per heavy atom. The third kappa shape index (κ3) is 5.28. The summed E-state index contributed by atoms with van der Waals surface area (Å²) >= 11 is 1.55. The summed E-state index contributed by atoms with van der Waals surface area (Å²) < 4.78 is 5.24. The second kappa shape index (κ2) is 9.92. The first kappa shape index (κ1) is 19.9. The fourth-order valence-corrected chi connectivity index (χ4v) is 4.47. The Hall–Kier alpha value is -1.40. The molecule has 0 bridgehead atoms. The second-order valence-corrected chi connectivity index (χ2v) is 7.51. The molecular weight excluding hydrogens is 336 g/mol. The lowest BCUT2D eigenvalue weighted by Gasteiger charge is -2.19. The molecule has 0 saturated heterocycles. The predicted octanol–water partition coefficient (Wildman–Crippen LogP) is 3.86. The lowest BCUT2D eigenvalue weighted by Crippen LogP contribution is -2.34. The largest absolute Gasteiger partial charge is 0.462 e. The lowest BCUT2D eigenvalue weighted by molar-refractivity contribution is -0.117. The molecule has 5 nitrogen and oxygen atoms in total. The van der Waals surface area contributed by atoms with E-state index < -0.39 is 0 Å². The number of nitrogens with zero attached hydrogens (tertiary/aromatic N) is 1. The van der Waals surface area contributed by atoms with Gasteiger partial charge in [-0.05, 0) is 57.7 Å². The SMILES string of the molecule is CCCCN(CC)CC(=O)Nc1sc2c(c1C(=O)OCC)CCCC2. The van der Waals surface area contributed by atoms with Gasteiger partial charge in [0.1, 0.15) is 5.00 Å². The number of hydrogen-bond donors (Lipinski definition) is 1. The van der Waals surface area contributed by atoms with Crippen molar-refractivity contribution >= 4 is 28.2 Å². The van der Waals surface area contributed by atoms with Gasteiger partial charge >= 0.3 is 5.97 Å². The van der Waals surface area contributed by atoms with Crippen molar-refractivity contribution in [2.45, 2.75) is 59.3 Å². The van der Waals surface area contributed by atoms with Crippen LogP contribution >= 0.6 is 11.3 Å². The summed E-state index contributed by atoms with van der Waals surface area (Å²) in [5.74, 6) is -0.363. The van der Waals surface area contributed by atoms with Crippen molar-refractivity contribution in [3.63, 3.8) is 0 Å². The van der Waals surface area contributed by atoms with Crippen LogP contribution in [0.25, 0.3) is 0 Å². The Morgan fingerprint density at radius 2 is 1.96 bits per heavy atom. The minimum absolute atomic E-state index is 0.0536. The van der Waals surface area contributed by atoms with E-state index in [1.165, 1.54) is 4.88 Å². The molecule has 0 spiro atoms. The van der Waals surface area contributed by atoms with E-state index in [4.69, 9.17) is 4.74 Å². The summed E-state index contributed by atoms with van der Waals surface area (Å²) in [6.07, 6.45) is 6.31. The van der Waals surface area contributed by atoms with Crippen LogP contribution in [0.2, 0.25) is 0 Å². The third-order valence-electron chi connectivity index (χ3n) is 4.55. The van der Waals surface area contributed by atoms with E-state index in [-0.39, 0.29) is 11.9 Å². The number of carbonyl (C=O) groups is 2. The van der Waals surface area contributed by atoms with Crippen LogP contribution in [-0.2, 0) is 22.4 Å². The number of hydrogen-bond acceptors (Lipinski definition) is 5. The minimum Gasteiger partial charge on any atom is -0.462 e. The molecule has 1 aliphatic rings. The Balaban J connectivity index is 2.13. The van der Waals surface area contributed by atoms with Gasteiger partial charge in [-0.1, -0.05) is 20.3 Å². The molecule has 0 radical (unpaired) electrons. The summed E-state index contributed by atoms with van der Waals surface area (Å²) in [4.78, 5) is 28.3. The zero-order chi connectivity index (χ0) is 18.2. The summed E-state index contributed by atoms with van der Waals surface area (Å²) in [5, 5.41) is 3.65. The van der Waals surface area contributed by atoms with Crippen molar-refractivity contribution in [3.8, 4) is 0 Å². The third-order valence-corrected chi connectivity index (χ3v) is 5.75. The number of thiophene rings is 1. The van der Waals surface area contributed by atoms with Gasteiger partial charge in [-0.3, -0.25) is 9.69 Å². The second-order valence-electron chi connectivity index (χ2n) is 6.41. The standard InChI is InChI=1S/C19H30N2O3S/c1-4-7-12-21(5-2)13-16(22)20-18-17(19(23)24-6-3)14-10-8-9-11-15(14)25-18/h4-13H2,1-3H3,(H,20,22). The molecule has 0 unspecified atom stereocenters. The highest BCUT2D eigenvalue weighted by atomic mass is 32.1. The number of ether oxygens (including phenoxy) is 1. The smallest absolute Gasteiger partial charge is 0.341 e. The van der Waals surface area contributed by atoms with Crippen LogP contribution in [0.1, 0.15) is 67.3 Å². The maximum Gasteiger partial charge on any atom is 0.341 e. The number of fused-ring (bicyclic) bond motifs is 1. The molecule has 25 heavy (non-hydrogen) atoms. The molecule has 1 N–H and O–H groups in total. The first-order valence-electron chi connectivity index (χ1n) is 9.44. The van der Waals surface area contributed by atoms with Gasteiger partial charge in [-0.15, -0.1) is 11.3 Å². The summed E-state index contributed by atoms with van der Waals surface area (Å²) in [7, 11) is 0. The Kier molecular flexibility index (Phi) is 7.90. The number of amides is 1. The molecule has 0 fully saturated rings. The maximum absolute atomic E-state index is 12.5. The predicted molar refractivity (Wildman–Crippen MR) is 103 cm³/mol. The van der Waals surface area contributed by atoms with E-state index in [0.29, 0.717) is 23.7 Å². The van der Waals surface area contributed by atoms with E-state index >= 15 is 0 Å². The van der Waals surface area contributed by atoms with Crippen LogP contribution in [0.4, 0.5) is 5.00 Å². The fourth-order valence-electron chi connectivity index (χ4n) is 3.17. The van der Waals surface area contributed by atoms with Crippen LogP contribution in [-0.4, -0.2) is 43.0 Å². The van der Waals surface area contributed by atoms with Crippen LogP contribution < -0.4 is 5.32 Å². The van der Waals surface area contributed by atoms with Crippen molar-refractivity contribution in [3.05, 3.63) is 16.0 Å². The van der Waals surface area contributed by atoms with Crippen LogP contribution in [0.5, 0.6) is 0 Å². The quantitative estimate of drug-likeness (QED) is 0.674. The molecule has 2 rings (SSSR count). The molecule has 0 aliphatic heterocycles. The highest BCUT2D eigenvalue weighted by Gasteiger charge is 2.27. The Morgan fingerprint density at radius 3 is 2.64 bits per heavy atom. The van der Waals surface area contributed by atoms with Crippen molar-refractivity contribution < 1.29 is 14.3 Å². The van der Waals surface area contributed by atoms with Gasteiger partial charge in [0.05, 0.1) is 18.7 Å². The fraction of sp³-hybridized carbons (Fsp3) is 0.684. The number of carbonyl (C=O) groups excluding carboxylic acids is 2. The molecule has 0 aromatic carbocycles. The molecule has 0 atom stereocenters. The van der Waals surface area contributed by atoms with Crippen molar-refractivity contribution in [1.29, 1.82) is 0 Å². The zero-order valence-corrected chi connectivity index (χ0v) is 16.5. The lowest BCUT2D eigenvalue weighted by atomic mass is 9.95. The van der Waals surface area contributed by atoms with Gasteiger partial charge < -0.3 is 10.1 Å². The number of unbranched alkanes of at least 4 members (excludes halogenated alkanes) is 1. The molecule has 1 heterocycles. The Bertz CT molecular complexity index is 598. The molecular formula is C19H30N2O3S. The van der Waals surface area contributed by atoms with E-state index in [2.05, 4.69) is 24.1 Å². The van der Waals surface area contributed by atoms with Gasteiger partial charge in [0.2, 0.25) is 5.91 Å². The van der Waals surface area contributed by atoms with E-state index in [1.54, 1.807) is 11.3 Å². The molecule has 140 valence electrons. The van der Waals surface area contributed by atoms with Gasteiger partial charge in [0.25, 0.3) is 0 Å². The van der Waals surface area contributed by atoms with Crippen molar-refractivity contribution in [2.24, 2.45) is 0 Å². The molecule has 1 amide bonds. The molecule has 1 aromatic heterocycles. The summed E-state index contributed by atoms with van der Waals surface area (Å²) in [6.45, 7) is 8.50. The van der Waals surface area contributed by atoms with Crippen LogP contribution in [0.15, 0.2) is 0 Å². The van der Waals surface area contributed by atoms with E-state index in [1.807, 2.05) is 6.92 Å². The average molecular weight is 367 g/mol. The van der Waals surface area contributed by atoms with Crippen molar-refractivity contribution in [2.75, 3.05) is 31.6 Å². The van der Waals surface area contributed by atoms with Gasteiger partial charge in [0, 0.05) is 4.88 Å². The Labute approximate surface area is 154 Å². The number of aryl methyl sites for hydroxylation is 1. The molecule has 1 aliphatic carbocycles. The number of esters is 1.